The van der Waals surface area contributed by atoms with Crippen molar-refractivity contribution >= 4 is 27.1 Å². The van der Waals surface area contributed by atoms with E-state index in [1.807, 2.05) is 4.90 Å². The highest BCUT2D eigenvalue weighted by Crippen LogP contribution is 2.32. The molecule has 3 heterocycles. The summed E-state index contributed by atoms with van der Waals surface area (Å²) in [6, 6.07) is 6.81. The second kappa shape index (κ2) is 7.13. The topological polar surface area (TPSA) is 76.6 Å². The molecular weight excluding hydrogens is 360 g/mol. The molecule has 0 bridgehead atoms. The predicted molar refractivity (Wildman–Crippen MR) is 96.1 cm³/mol. The lowest BCUT2D eigenvalue weighted by molar-refractivity contribution is 0.0716. The van der Waals surface area contributed by atoms with Gasteiger partial charge >= 0.3 is 0 Å². The molecule has 0 atom stereocenters. The Morgan fingerprint density at radius 3 is 2.60 bits per heavy atom. The van der Waals surface area contributed by atoms with Gasteiger partial charge in [-0.05, 0) is 37.1 Å². The molecule has 1 saturated heterocycles. The smallest absolute Gasteiger partial charge is 0.264 e. The Hall–Kier alpha value is -1.93. The normalized spacial score (nSPS) is 16.0. The zero-order valence-electron chi connectivity index (χ0n) is 14.1. The number of nitrogens with zero attached hydrogens (tertiary/aromatic N) is 2. The molecule has 0 radical (unpaired) electrons. The van der Waals surface area contributed by atoms with E-state index in [2.05, 4.69) is 4.98 Å². The number of thiophene rings is 1. The molecule has 134 valence electrons. The fourth-order valence-corrected chi connectivity index (χ4v) is 4.79. The molecule has 1 aliphatic heterocycles. The minimum absolute atomic E-state index is 0.00360. The SMILES string of the molecule is COc1ccc(C(=O)N2CCC(c3ncccc3S(C)(=O)=O)CC2)s1. The van der Waals surface area contributed by atoms with Gasteiger partial charge in [0.1, 0.15) is 0 Å². The Balaban J connectivity index is 1.71. The molecule has 1 fully saturated rings. The number of pyridine rings is 1. The van der Waals surface area contributed by atoms with Crippen LogP contribution in [0.5, 0.6) is 5.06 Å². The molecule has 8 heteroatoms. The van der Waals surface area contributed by atoms with E-state index in [0.29, 0.717) is 46.5 Å². The van der Waals surface area contributed by atoms with Crippen LogP contribution in [0.3, 0.4) is 0 Å². The highest BCUT2D eigenvalue weighted by molar-refractivity contribution is 7.90. The summed E-state index contributed by atoms with van der Waals surface area (Å²) in [6.07, 6.45) is 4.23. The number of likely N-dealkylation sites (tertiary alicyclic amines) is 1. The molecule has 0 aromatic carbocycles. The number of piperidine rings is 1. The number of carbonyl (C=O) groups is 1. The van der Waals surface area contributed by atoms with Crippen LogP contribution in [0.15, 0.2) is 35.4 Å². The van der Waals surface area contributed by atoms with E-state index in [0.717, 1.165) is 0 Å². The number of sulfone groups is 1. The molecule has 0 unspecified atom stereocenters. The van der Waals surface area contributed by atoms with E-state index in [9.17, 15) is 13.2 Å². The molecule has 0 saturated carbocycles. The van der Waals surface area contributed by atoms with Crippen molar-refractivity contribution in [3.63, 3.8) is 0 Å². The van der Waals surface area contributed by atoms with Crippen molar-refractivity contribution in [2.75, 3.05) is 26.5 Å². The van der Waals surface area contributed by atoms with Gasteiger partial charge in [-0.15, -0.1) is 0 Å². The third-order valence-corrected chi connectivity index (χ3v) is 6.54. The maximum absolute atomic E-state index is 12.6. The Labute approximate surface area is 151 Å². The summed E-state index contributed by atoms with van der Waals surface area (Å²) in [4.78, 5) is 19.6. The first-order valence-electron chi connectivity index (χ1n) is 7.98. The lowest BCUT2D eigenvalue weighted by Crippen LogP contribution is -2.37. The summed E-state index contributed by atoms with van der Waals surface area (Å²) in [7, 11) is -1.73. The van der Waals surface area contributed by atoms with Gasteiger partial charge in [-0.1, -0.05) is 11.3 Å². The lowest BCUT2D eigenvalue weighted by Gasteiger charge is -2.32. The Morgan fingerprint density at radius 2 is 2.00 bits per heavy atom. The van der Waals surface area contributed by atoms with Crippen molar-refractivity contribution in [2.24, 2.45) is 0 Å². The van der Waals surface area contributed by atoms with Gasteiger partial charge in [0.15, 0.2) is 14.9 Å². The van der Waals surface area contributed by atoms with Gasteiger partial charge in [0.25, 0.3) is 5.91 Å². The zero-order chi connectivity index (χ0) is 18.0. The highest BCUT2D eigenvalue weighted by Gasteiger charge is 2.29. The molecule has 0 aliphatic carbocycles. The minimum Gasteiger partial charge on any atom is -0.487 e. The van der Waals surface area contributed by atoms with Crippen molar-refractivity contribution in [1.82, 2.24) is 9.88 Å². The number of ether oxygens (including phenoxy) is 1. The molecule has 0 spiro atoms. The number of hydrogen-bond donors (Lipinski definition) is 0. The van der Waals surface area contributed by atoms with E-state index >= 15 is 0 Å². The number of aromatic nitrogens is 1. The van der Waals surface area contributed by atoms with Crippen molar-refractivity contribution in [1.29, 1.82) is 0 Å². The molecule has 1 amide bonds. The second-order valence-corrected chi connectivity index (χ2v) is 9.08. The molecule has 2 aromatic heterocycles. The monoisotopic (exact) mass is 380 g/mol. The average molecular weight is 380 g/mol. The zero-order valence-corrected chi connectivity index (χ0v) is 15.8. The van der Waals surface area contributed by atoms with Crippen molar-refractivity contribution in [2.45, 2.75) is 23.7 Å². The molecule has 3 rings (SSSR count). The molecule has 2 aromatic rings. The maximum Gasteiger partial charge on any atom is 0.264 e. The van der Waals surface area contributed by atoms with E-state index in [-0.39, 0.29) is 11.8 Å². The molecular formula is C17H20N2O4S2. The van der Waals surface area contributed by atoms with E-state index in [4.69, 9.17) is 4.74 Å². The number of hydrogen-bond acceptors (Lipinski definition) is 6. The number of amides is 1. The summed E-state index contributed by atoms with van der Waals surface area (Å²) in [5.74, 6) is 0.0453. The molecule has 25 heavy (non-hydrogen) atoms. The van der Waals surface area contributed by atoms with E-state index in [1.54, 1.807) is 37.6 Å². The largest absolute Gasteiger partial charge is 0.487 e. The third-order valence-electron chi connectivity index (χ3n) is 4.36. The lowest BCUT2D eigenvalue weighted by atomic mass is 9.93. The molecule has 0 N–H and O–H groups in total. The quantitative estimate of drug-likeness (QED) is 0.815. The van der Waals surface area contributed by atoms with Gasteiger partial charge in [-0.25, -0.2) is 8.42 Å². The predicted octanol–water partition coefficient (Wildman–Crippen LogP) is 2.58. The average Bonchev–Trinajstić information content (AvgIpc) is 3.10. The van der Waals surface area contributed by atoms with Crippen LogP contribution in [0.2, 0.25) is 0 Å². The molecule has 1 aliphatic rings. The summed E-state index contributed by atoms with van der Waals surface area (Å²) in [5.41, 5.74) is 0.620. The van der Waals surface area contributed by atoms with Gasteiger partial charge in [0.05, 0.1) is 22.6 Å². The van der Waals surface area contributed by atoms with Crippen LogP contribution in [0, 0.1) is 0 Å². The van der Waals surface area contributed by atoms with Crippen molar-refractivity contribution in [3.05, 3.63) is 41.0 Å². The van der Waals surface area contributed by atoms with Crippen LogP contribution in [0.25, 0.3) is 0 Å². The number of rotatable bonds is 4. The third kappa shape index (κ3) is 3.85. The van der Waals surface area contributed by atoms with Crippen LogP contribution in [0.4, 0.5) is 0 Å². The Bertz CT molecular complexity index is 868. The summed E-state index contributed by atoms with van der Waals surface area (Å²) < 4.78 is 29.1. The Kier molecular flexibility index (Phi) is 5.10. The van der Waals surface area contributed by atoms with Crippen LogP contribution in [-0.4, -0.2) is 50.7 Å². The van der Waals surface area contributed by atoms with Gasteiger partial charge in [0.2, 0.25) is 0 Å². The van der Waals surface area contributed by atoms with E-state index in [1.165, 1.54) is 17.6 Å². The Morgan fingerprint density at radius 1 is 1.28 bits per heavy atom. The van der Waals surface area contributed by atoms with Gasteiger partial charge in [0, 0.05) is 31.5 Å². The maximum atomic E-state index is 12.6. The van der Waals surface area contributed by atoms with E-state index < -0.39 is 9.84 Å². The fraction of sp³-hybridized carbons (Fsp3) is 0.412. The molecule has 6 nitrogen and oxygen atoms in total. The first kappa shape index (κ1) is 17.9. The van der Waals surface area contributed by atoms with Crippen LogP contribution < -0.4 is 4.74 Å². The second-order valence-electron chi connectivity index (χ2n) is 6.05. The minimum atomic E-state index is -3.31. The van der Waals surface area contributed by atoms with Gasteiger partial charge < -0.3 is 9.64 Å². The van der Waals surface area contributed by atoms with Crippen molar-refractivity contribution < 1.29 is 17.9 Å². The standard InChI is InChI=1S/C17H20N2O4S2/c1-23-15-6-5-13(24-15)17(20)19-10-7-12(8-11-19)16-14(25(2,21)22)4-3-9-18-16/h3-6,9,12H,7-8,10-11H2,1-2H3. The highest BCUT2D eigenvalue weighted by atomic mass is 32.2. The summed E-state index contributed by atoms with van der Waals surface area (Å²) in [6.45, 7) is 1.17. The van der Waals surface area contributed by atoms with Gasteiger partial charge in [-0.3, -0.25) is 9.78 Å². The summed E-state index contributed by atoms with van der Waals surface area (Å²) in [5, 5.41) is 0.713. The number of carbonyl (C=O) groups excluding carboxylic acids is 1. The van der Waals surface area contributed by atoms with Crippen LogP contribution in [-0.2, 0) is 9.84 Å². The van der Waals surface area contributed by atoms with Crippen LogP contribution >= 0.6 is 11.3 Å². The first-order chi connectivity index (χ1) is 11.9. The summed E-state index contributed by atoms with van der Waals surface area (Å²) >= 11 is 1.33. The first-order valence-corrected chi connectivity index (χ1v) is 10.7. The van der Waals surface area contributed by atoms with Crippen molar-refractivity contribution in [3.8, 4) is 5.06 Å². The van der Waals surface area contributed by atoms with Gasteiger partial charge in [-0.2, -0.15) is 0 Å². The fourth-order valence-electron chi connectivity index (χ4n) is 3.08. The van der Waals surface area contributed by atoms with Crippen LogP contribution in [0.1, 0.15) is 34.1 Å². The number of methoxy groups -OCH3 is 1.